The van der Waals surface area contributed by atoms with Crippen LogP contribution in [0.1, 0.15) is 42.7 Å². The summed E-state index contributed by atoms with van der Waals surface area (Å²) in [7, 11) is 0. The van der Waals surface area contributed by atoms with Gasteiger partial charge in [0.25, 0.3) is 0 Å². The van der Waals surface area contributed by atoms with Crippen LogP contribution in [0.25, 0.3) is 11.1 Å². The van der Waals surface area contributed by atoms with Gasteiger partial charge in [-0.05, 0) is 56.0 Å². The Morgan fingerprint density at radius 1 is 0.960 bits per heavy atom. The van der Waals surface area contributed by atoms with E-state index in [1.54, 1.807) is 0 Å². The van der Waals surface area contributed by atoms with Crippen molar-refractivity contribution in [2.24, 2.45) is 0 Å². The first-order chi connectivity index (χ1) is 12.3. The second-order valence-corrected chi connectivity index (χ2v) is 7.80. The molecule has 2 fully saturated rings. The maximum atomic E-state index is 3.76. The molecule has 1 N–H and O–H groups in total. The molecule has 2 atom stereocenters. The van der Waals surface area contributed by atoms with Crippen LogP contribution in [0.4, 0.5) is 0 Å². The molecule has 0 radical (unpaired) electrons. The lowest BCUT2D eigenvalue weighted by molar-refractivity contribution is 0.229. The molecule has 25 heavy (non-hydrogen) atoms. The monoisotopic (exact) mass is 334 g/mol. The molecule has 1 aliphatic carbocycles. The fourth-order valence-electron chi connectivity index (χ4n) is 4.13. The van der Waals surface area contributed by atoms with Crippen LogP contribution in [-0.4, -0.2) is 37.1 Å². The molecule has 1 heterocycles. The van der Waals surface area contributed by atoms with E-state index in [2.05, 4.69) is 65.7 Å². The third-order valence-electron chi connectivity index (χ3n) is 5.76. The number of hydrogen-bond donors (Lipinski definition) is 1. The molecule has 132 valence electrons. The minimum Gasteiger partial charge on any atom is -0.312 e. The SMILES string of the molecule is Cc1cccc(-c2ccc(C3C[C@@H]3NCCN3CCCCC3)cc2)c1. The molecule has 1 unspecified atom stereocenters. The fraction of sp³-hybridized carbons (Fsp3) is 0.478. The third-order valence-corrected chi connectivity index (χ3v) is 5.76. The van der Waals surface area contributed by atoms with Crippen molar-refractivity contribution in [1.82, 2.24) is 10.2 Å². The molecule has 0 bridgehead atoms. The van der Waals surface area contributed by atoms with Crippen LogP contribution in [0, 0.1) is 6.92 Å². The van der Waals surface area contributed by atoms with Gasteiger partial charge in [0.15, 0.2) is 0 Å². The number of rotatable bonds is 6. The van der Waals surface area contributed by atoms with Gasteiger partial charge in [0, 0.05) is 25.0 Å². The van der Waals surface area contributed by atoms with Crippen LogP contribution in [0.15, 0.2) is 48.5 Å². The average Bonchev–Trinajstić information content (AvgIpc) is 3.42. The van der Waals surface area contributed by atoms with Gasteiger partial charge in [0.05, 0.1) is 0 Å². The molecule has 0 spiro atoms. The van der Waals surface area contributed by atoms with Crippen LogP contribution >= 0.6 is 0 Å². The first-order valence-electron chi connectivity index (χ1n) is 9.92. The Labute approximate surface area is 152 Å². The van der Waals surface area contributed by atoms with Gasteiger partial charge in [0.1, 0.15) is 0 Å². The highest BCUT2D eigenvalue weighted by atomic mass is 15.1. The van der Waals surface area contributed by atoms with Gasteiger partial charge in [-0.25, -0.2) is 0 Å². The summed E-state index contributed by atoms with van der Waals surface area (Å²) in [5.41, 5.74) is 5.45. The maximum absolute atomic E-state index is 3.76. The number of aryl methyl sites for hydroxylation is 1. The van der Waals surface area contributed by atoms with Crippen LogP contribution in [0.5, 0.6) is 0 Å². The molecule has 2 aliphatic rings. The number of likely N-dealkylation sites (tertiary alicyclic amines) is 1. The van der Waals surface area contributed by atoms with E-state index < -0.39 is 0 Å². The number of nitrogens with one attached hydrogen (secondary N) is 1. The van der Waals surface area contributed by atoms with Gasteiger partial charge in [-0.3, -0.25) is 0 Å². The van der Waals surface area contributed by atoms with E-state index >= 15 is 0 Å². The van der Waals surface area contributed by atoms with Gasteiger partial charge in [-0.2, -0.15) is 0 Å². The lowest BCUT2D eigenvalue weighted by Crippen LogP contribution is -2.36. The Balaban J connectivity index is 1.27. The topological polar surface area (TPSA) is 15.3 Å². The minimum absolute atomic E-state index is 0.689. The predicted octanol–water partition coefficient (Wildman–Crippen LogP) is 4.59. The van der Waals surface area contributed by atoms with Gasteiger partial charge in [-0.1, -0.05) is 60.5 Å². The lowest BCUT2D eigenvalue weighted by atomic mass is 10.0. The van der Waals surface area contributed by atoms with Crippen molar-refractivity contribution < 1.29 is 0 Å². The zero-order valence-electron chi connectivity index (χ0n) is 15.4. The molecule has 2 nitrogen and oxygen atoms in total. The molecule has 1 aliphatic heterocycles. The Morgan fingerprint density at radius 2 is 1.76 bits per heavy atom. The van der Waals surface area contributed by atoms with E-state index in [4.69, 9.17) is 0 Å². The van der Waals surface area contributed by atoms with Crippen molar-refractivity contribution in [3.63, 3.8) is 0 Å². The van der Waals surface area contributed by atoms with Gasteiger partial charge in [0.2, 0.25) is 0 Å². The smallest absolute Gasteiger partial charge is 0.0143 e. The van der Waals surface area contributed by atoms with Crippen molar-refractivity contribution in [2.75, 3.05) is 26.2 Å². The largest absolute Gasteiger partial charge is 0.312 e. The number of hydrogen-bond acceptors (Lipinski definition) is 2. The second kappa shape index (κ2) is 7.72. The molecular weight excluding hydrogens is 304 g/mol. The van der Waals surface area contributed by atoms with Crippen LogP contribution in [0.3, 0.4) is 0 Å². The number of piperidine rings is 1. The Kier molecular flexibility index (Phi) is 5.19. The van der Waals surface area contributed by atoms with Crippen molar-refractivity contribution >= 4 is 0 Å². The van der Waals surface area contributed by atoms with Crippen molar-refractivity contribution in [1.29, 1.82) is 0 Å². The third kappa shape index (κ3) is 4.31. The highest BCUT2D eigenvalue weighted by molar-refractivity contribution is 5.64. The molecule has 0 aromatic heterocycles. The van der Waals surface area contributed by atoms with Gasteiger partial charge < -0.3 is 10.2 Å². The molecule has 2 heteroatoms. The van der Waals surface area contributed by atoms with Gasteiger partial charge >= 0.3 is 0 Å². The minimum atomic E-state index is 0.689. The molecule has 1 saturated carbocycles. The molecule has 2 aromatic carbocycles. The summed E-state index contributed by atoms with van der Waals surface area (Å²) in [4.78, 5) is 2.62. The Hall–Kier alpha value is -1.64. The summed E-state index contributed by atoms with van der Waals surface area (Å²) < 4.78 is 0. The predicted molar refractivity (Wildman–Crippen MR) is 106 cm³/mol. The van der Waals surface area contributed by atoms with E-state index in [-0.39, 0.29) is 0 Å². The average molecular weight is 335 g/mol. The highest BCUT2D eigenvalue weighted by Crippen LogP contribution is 2.41. The highest BCUT2D eigenvalue weighted by Gasteiger charge is 2.37. The van der Waals surface area contributed by atoms with E-state index in [1.165, 1.54) is 67.6 Å². The van der Waals surface area contributed by atoms with E-state index in [0.29, 0.717) is 12.0 Å². The van der Waals surface area contributed by atoms with Crippen molar-refractivity contribution in [3.05, 3.63) is 59.7 Å². The van der Waals surface area contributed by atoms with Crippen molar-refractivity contribution in [3.8, 4) is 11.1 Å². The zero-order chi connectivity index (χ0) is 17.1. The first kappa shape index (κ1) is 16.8. The standard InChI is InChI=1S/C23H30N2/c1-18-6-5-7-21(16-18)19-8-10-20(11-9-19)22-17-23(22)24-12-15-25-13-3-2-4-14-25/h5-11,16,22-24H,2-4,12-15,17H2,1H3/t22?,23-/m0/s1. The Bertz CT molecular complexity index is 685. The zero-order valence-corrected chi connectivity index (χ0v) is 15.4. The molecule has 2 aromatic rings. The normalized spacial score (nSPS) is 23.6. The summed E-state index contributed by atoms with van der Waals surface area (Å²) in [5, 5.41) is 3.76. The summed E-state index contributed by atoms with van der Waals surface area (Å²) in [5.74, 6) is 0.716. The summed E-state index contributed by atoms with van der Waals surface area (Å²) in [6, 6.07) is 18.7. The van der Waals surface area contributed by atoms with Crippen LogP contribution < -0.4 is 5.32 Å². The summed E-state index contributed by atoms with van der Waals surface area (Å²) in [6.45, 7) is 7.12. The van der Waals surface area contributed by atoms with E-state index in [9.17, 15) is 0 Å². The molecule has 1 saturated heterocycles. The molecule has 0 amide bonds. The Morgan fingerprint density at radius 3 is 2.52 bits per heavy atom. The first-order valence-corrected chi connectivity index (χ1v) is 9.92. The second-order valence-electron chi connectivity index (χ2n) is 7.80. The van der Waals surface area contributed by atoms with Crippen molar-refractivity contribution in [2.45, 2.75) is 44.6 Å². The van der Waals surface area contributed by atoms with Gasteiger partial charge in [-0.15, -0.1) is 0 Å². The summed E-state index contributed by atoms with van der Waals surface area (Å²) in [6.07, 6.45) is 5.50. The van der Waals surface area contributed by atoms with E-state index in [0.717, 1.165) is 6.54 Å². The molecular formula is C23H30N2. The number of nitrogens with zero attached hydrogens (tertiary/aromatic N) is 1. The summed E-state index contributed by atoms with van der Waals surface area (Å²) >= 11 is 0. The maximum Gasteiger partial charge on any atom is 0.0143 e. The molecule has 4 rings (SSSR count). The quantitative estimate of drug-likeness (QED) is 0.831. The number of benzene rings is 2. The lowest BCUT2D eigenvalue weighted by Gasteiger charge is -2.26. The fourth-order valence-corrected chi connectivity index (χ4v) is 4.13. The van der Waals surface area contributed by atoms with Crippen LogP contribution in [0.2, 0.25) is 0 Å². The van der Waals surface area contributed by atoms with Crippen LogP contribution in [-0.2, 0) is 0 Å². The van der Waals surface area contributed by atoms with E-state index in [1.807, 2.05) is 0 Å².